The van der Waals surface area contributed by atoms with Crippen LogP contribution in [-0.2, 0) is 6.42 Å². The minimum absolute atomic E-state index is 0.0314. The highest BCUT2D eigenvalue weighted by molar-refractivity contribution is 5.66. The largest absolute Gasteiger partial charge is 0.491 e. The van der Waals surface area contributed by atoms with Crippen molar-refractivity contribution in [2.45, 2.75) is 89.9 Å². The third kappa shape index (κ3) is 6.57. The molecular weight excluding hydrogens is 574 g/mol. The van der Waals surface area contributed by atoms with Crippen LogP contribution in [0.25, 0.3) is 11.1 Å². The molecule has 2 fully saturated rings. The van der Waals surface area contributed by atoms with Gasteiger partial charge in [-0.2, -0.15) is 4.39 Å². The van der Waals surface area contributed by atoms with Gasteiger partial charge in [-0.1, -0.05) is 42.5 Å². The van der Waals surface area contributed by atoms with Crippen LogP contribution in [0.4, 0.5) is 26.3 Å². The van der Waals surface area contributed by atoms with Gasteiger partial charge in [0.1, 0.15) is 0 Å². The maximum atomic E-state index is 15.4. The minimum atomic E-state index is -1.17. The Morgan fingerprint density at radius 3 is 1.66 bits per heavy atom. The first kappa shape index (κ1) is 32.2. The second-order valence-electron chi connectivity index (χ2n) is 12.3. The van der Waals surface area contributed by atoms with Crippen LogP contribution >= 0.6 is 0 Å². The highest BCUT2D eigenvalue weighted by Crippen LogP contribution is 2.47. The van der Waals surface area contributed by atoms with Crippen LogP contribution in [0.5, 0.6) is 5.75 Å². The molecule has 0 unspecified atom stereocenters. The molecule has 236 valence electrons. The zero-order valence-corrected chi connectivity index (χ0v) is 25.4. The average Bonchev–Trinajstić information content (AvgIpc) is 3.04. The van der Waals surface area contributed by atoms with Crippen molar-refractivity contribution in [3.05, 3.63) is 100 Å². The summed E-state index contributed by atoms with van der Waals surface area (Å²) in [6, 6.07) is 8.79. The first-order valence-corrected chi connectivity index (χ1v) is 15.9. The van der Waals surface area contributed by atoms with E-state index in [0.717, 1.165) is 38.5 Å². The Morgan fingerprint density at radius 1 is 0.614 bits per heavy atom. The van der Waals surface area contributed by atoms with Gasteiger partial charge in [0.2, 0.25) is 5.82 Å². The van der Waals surface area contributed by atoms with Crippen LogP contribution in [0.1, 0.15) is 100 Å². The molecule has 1 nitrogen and oxygen atoms in total. The maximum Gasteiger partial charge on any atom is 0.200 e. The Balaban J connectivity index is 1.20. The Hall–Kier alpha value is -3.22. The molecule has 0 bridgehead atoms. The topological polar surface area (TPSA) is 9.23 Å². The van der Waals surface area contributed by atoms with E-state index in [1.165, 1.54) is 30.3 Å². The summed E-state index contributed by atoms with van der Waals surface area (Å²) in [4.78, 5) is 0. The van der Waals surface area contributed by atoms with E-state index in [0.29, 0.717) is 43.1 Å². The lowest BCUT2D eigenvalue weighted by Gasteiger charge is -2.38. The van der Waals surface area contributed by atoms with Crippen molar-refractivity contribution in [3.8, 4) is 16.9 Å². The van der Waals surface area contributed by atoms with Crippen molar-refractivity contribution in [1.82, 2.24) is 0 Å². The molecule has 2 aliphatic rings. The van der Waals surface area contributed by atoms with E-state index in [1.807, 2.05) is 19.1 Å². The first-order chi connectivity index (χ1) is 21.2. The normalized spacial score (nSPS) is 22.5. The quantitative estimate of drug-likeness (QED) is 0.172. The van der Waals surface area contributed by atoms with Gasteiger partial charge in [0.05, 0.1) is 6.61 Å². The summed E-state index contributed by atoms with van der Waals surface area (Å²) in [6.07, 6.45) is 11.1. The van der Waals surface area contributed by atoms with Gasteiger partial charge < -0.3 is 4.74 Å². The number of rotatable bonds is 9. The molecular formula is C37H40F6O. The van der Waals surface area contributed by atoms with Gasteiger partial charge in [-0.3, -0.25) is 0 Å². The van der Waals surface area contributed by atoms with Crippen molar-refractivity contribution in [2.75, 3.05) is 6.61 Å². The summed E-state index contributed by atoms with van der Waals surface area (Å²) < 4.78 is 94.6. The first-order valence-electron chi connectivity index (χ1n) is 15.9. The third-order valence-corrected chi connectivity index (χ3v) is 9.85. The lowest BCUT2D eigenvalue weighted by atomic mass is 9.67. The fourth-order valence-corrected chi connectivity index (χ4v) is 7.42. The zero-order chi connectivity index (χ0) is 31.4. The zero-order valence-electron chi connectivity index (χ0n) is 25.4. The number of benzene rings is 3. The van der Waals surface area contributed by atoms with Gasteiger partial charge in [-0.25, -0.2) is 22.0 Å². The van der Waals surface area contributed by atoms with Crippen LogP contribution in [-0.4, -0.2) is 6.61 Å². The molecule has 3 aromatic rings. The Bertz CT molecular complexity index is 1480. The standard InChI is InChI=1S/C37H40F6O/c1-3-5-6-7-26-16-17-29(35(41)32(26)38)30-19-18-27(33(39)36(30)42)24-12-8-22(9-13-24)23-10-14-25(15-11-23)28-20-21-31(44-4-2)37(43)34(28)40/h3,5,16-25H,4,6-15H2,1-2H3. The summed E-state index contributed by atoms with van der Waals surface area (Å²) in [7, 11) is 0. The number of aryl methyl sites for hydroxylation is 1. The monoisotopic (exact) mass is 614 g/mol. The molecule has 0 aromatic heterocycles. The van der Waals surface area contributed by atoms with E-state index in [4.69, 9.17) is 4.74 Å². The molecule has 0 spiro atoms. The van der Waals surface area contributed by atoms with E-state index in [1.54, 1.807) is 13.0 Å². The van der Waals surface area contributed by atoms with E-state index >= 15 is 8.78 Å². The summed E-state index contributed by atoms with van der Waals surface area (Å²) in [6.45, 7) is 3.84. The van der Waals surface area contributed by atoms with E-state index in [2.05, 4.69) is 0 Å². The SMILES string of the molecule is CC=CCCc1ccc(-c2ccc(C3CCC(C4CCC(c5ccc(OCC)c(F)c5F)CC4)CC3)c(F)c2F)c(F)c1F. The number of halogens is 6. The van der Waals surface area contributed by atoms with Crippen molar-refractivity contribution >= 4 is 0 Å². The maximum absolute atomic E-state index is 15.4. The predicted octanol–water partition coefficient (Wildman–Crippen LogP) is 11.3. The van der Waals surface area contributed by atoms with Gasteiger partial charge in [0.15, 0.2) is 34.8 Å². The minimum Gasteiger partial charge on any atom is -0.491 e. The molecule has 0 amide bonds. The molecule has 0 aliphatic heterocycles. The smallest absolute Gasteiger partial charge is 0.200 e. The summed E-state index contributed by atoms with van der Waals surface area (Å²) in [5.74, 6) is -5.41. The fraction of sp³-hybridized carbons (Fsp3) is 0.459. The van der Waals surface area contributed by atoms with Crippen molar-refractivity contribution in [1.29, 1.82) is 0 Å². The van der Waals surface area contributed by atoms with Crippen molar-refractivity contribution < 1.29 is 31.1 Å². The second kappa shape index (κ2) is 14.3. The molecule has 0 N–H and O–H groups in total. The molecule has 2 aliphatic carbocycles. The molecule has 3 aromatic carbocycles. The highest BCUT2D eigenvalue weighted by Gasteiger charge is 2.34. The molecule has 44 heavy (non-hydrogen) atoms. The van der Waals surface area contributed by atoms with E-state index in [9.17, 15) is 17.6 Å². The molecule has 2 saturated carbocycles. The van der Waals surface area contributed by atoms with Gasteiger partial charge in [-0.05, 0) is 124 Å². The highest BCUT2D eigenvalue weighted by atomic mass is 19.2. The molecule has 7 heteroatoms. The predicted molar refractivity (Wildman–Crippen MR) is 162 cm³/mol. The molecule has 0 radical (unpaired) electrons. The lowest BCUT2D eigenvalue weighted by Crippen LogP contribution is -2.25. The van der Waals surface area contributed by atoms with Gasteiger partial charge in [0.25, 0.3) is 0 Å². The lowest BCUT2D eigenvalue weighted by molar-refractivity contribution is 0.175. The van der Waals surface area contributed by atoms with Crippen LogP contribution in [0.15, 0.2) is 48.6 Å². The Morgan fingerprint density at radius 2 is 1.11 bits per heavy atom. The molecule has 0 heterocycles. The van der Waals surface area contributed by atoms with Crippen LogP contribution < -0.4 is 4.74 Å². The van der Waals surface area contributed by atoms with Crippen LogP contribution in [0.2, 0.25) is 0 Å². The number of ether oxygens (including phenoxy) is 1. The van der Waals surface area contributed by atoms with Gasteiger partial charge in [0, 0.05) is 11.1 Å². The average molecular weight is 615 g/mol. The summed E-state index contributed by atoms with van der Waals surface area (Å²) in [5, 5.41) is 0. The van der Waals surface area contributed by atoms with E-state index in [-0.39, 0.29) is 46.4 Å². The summed E-state index contributed by atoms with van der Waals surface area (Å²) in [5.41, 5.74) is 0.330. The number of hydrogen-bond donors (Lipinski definition) is 0. The third-order valence-electron chi connectivity index (χ3n) is 9.85. The van der Waals surface area contributed by atoms with Crippen molar-refractivity contribution in [3.63, 3.8) is 0 Å². The fourth-order valence-electron chi connectivity index (χ4n) is 7.42. The number of allylic oxidation sites excluding steroid dienone is 2. The molecule has 0 saturated heterocycles. The Labute approximate surface area is 256 Å². The molecule has 5 rings (SSSR count). The van der Waals surface area contributed by atoms with E-state index < -0.39 is 34.9 Å². The molecule has 0 atom stereocenters. The van der Waals surface area contributed by atoms with Gasteiger partial charge >= 0.3 is 0 Å². The van der Waals surface area contributed by atoms with Crippen LogP contribution in [0, 0.1) is 46.7 Å². The second-order valence-corrected chi connectivity index (χ2v) is 12.3. The number of hydrogen-bond acceptors (Lipinski definition) is 1. The van der Waals surface area contributed by atoms with Crippen LogP contribution in [0.3, 0.4) is 0 Å². The Kier molecular flexibility index (Phi) is 10.4. The van der Waals surface area contributed by atoms with Gasteiger partial charge in [-0.15, -0.1) is 0 Å². The van der Waals surface area contributed by atoms with Crippen molar-refractivity contribution in [2.24, 2.45) is 11.8 Å². The summed E-state index contributed by atoms with van der Waals surface area (Å²) >= 11 is 0.